The fraction of sp³-hybridized carbons (Fsp3) is 0.500. The molecule has 6 nitrogen and oxygen atoms in total. The van der Waals surface area contributed by atoms with Crippen LogP contribution in [-0.4, -0.2) is 33.3 Å². The number of fused-ring (bicyclic) bond motifs is 1. The van der Waals surface area contributed by atoms with Gasteiger partial charge in [-0.1, -0.05) is 19.4 Å². The maximum Gasteiger partial charge on any atom is 0.358 e. The van der Waals surface area contributed by atoms with Crippen LogP contribution in [0.3, 0.4) is 0 Å². The van der Waals surface area contributed by atoms with Gasteiger partial charge in [0, 0.05) is 6.07 Å². The lowest BCUT2D eigenvalue weighted by molar-refractivity contribution is 0.0438. The van der Waals surface area contributed by atoms with Crippen LogP contribution in [0.25, 0.3) is 11.2 Å². The number of carbonyl (C=O) groups excluding carboxylic acids is 1. The number of aromatic nitrogens is 3. The largest absolute Gasteiger partial charge is 0.461 e. The maximum atomic E-state index is 11.9. The van der Waals surface area contributed by atoms with Crippen molar-refractivity contribution in [3.8, 4) is 0 Å². The van der Waals surface area contributed by atoms with Crippen LogP contribution in [-0.2, 0) is 16.1 Å². The third-order valence-corrected chi connectivity index (χ3v) is 4.17. The first-order valence-electron chi connectivity index (χ1n) is 8.42. The average molecular weight is 329 g/mol. The average Bonchev–Trinajstić information content (AvgIpc) is 3.21. The van der Waals surface area contributed by atoms with E-state index in [2.05, 4.69) is 16.7 Å². The van der Waals surface area contributed by atoms with Gasteiger partial charge >= 0.3 is 5.97 Å². The molecule has 0 atom stereocenters. The summed E-state index contributed by atoms with van der Waals surface area (Å²) in [6, 6.07) is 3.57. The molecule has 0 N–H and O–H groups in total. The molecule has 0 amide bonds. The number of esters is 1. The van der Waals surface area contributed by atoms with Gasteiger partial charge in [0.1, 0.15) is 0 Å². The minimum Gasteiger partial charge on any atom is -0.461 e. The Bertz CT molecular complexity index is 760. The van der Waals surface area contributed by atoms with E-state index in [9.17, 15) is 4.79 Å². The molecule has 1 fully saturated rings. The second-order valence-corrected chi connectivity index (χ2v) is 6.15. The van der Waals surface area contributed by atoms with E-state index in [1.807, 2.05) is 13.0 Å². The molecular formula is C18H23N3O3. The lowest BCUT2D eigenvalue weighted by atomic mass is 10.2. The molecule has 0 radical (unpaired) electrons. The molecule has 1 aliphatic rings. The van der Waals surface area contributed by atoms with Crippen molar-refractivity contribution in [3.05, 3.63) is 35.8 Å². The minimum absolute atomic E-state index is 0.251. The predicted octanol–water partition coefficient (Wildman–Crippen LogP) is 3.40. The summed E-state index contributed by atoms with van der Waals surface area (Å²) in [6.07, 6.45) is 5.04. The standard InChI is InChI=1S/C18H23N3O3/c1-4-23-18(22)15-10-17-19-13(11-24-14-7-5-6-8-14)9-16(12(2)3)21(17)20-15/h9-10,14H,2,4-8,11H2,1,3H3. The summed E-state index contributed by atoms with van der Waals surface area (Å²) in [6.45, 7) is 8.44. The van der Waals surface area contributed by atoms with Crippen molar-refractivity contribution in [1.82, 2.24) is 14.6 Å². The van der Waals surface area contributed by atoms with Crippen molar-refractivity contribution in [2.75, 3.05) is 6.61 Å². The van der Waals surface area contributed by atoms with Crippen LogP contribution in [0.15, 0.2) is 18.7 Å². The van der Waals surface area contributed by atoms with Crippen LogP contribution < -0.4 is 0 Å². The van der Waals surface area contributed by atoms with Gasteiger partial charge in [-0.3, -0.25) is 0 Å². The highest BCUT2D eigenvalue weighted by Crippen LogP contribution is 2.23. The van der Waals surface area contributed by atoms with Crippen molar-refractivity contribution in [3.63, 3.8) is 0 Å². The van der Waals surface area contributed by atoms with Crippen LogP contribution in [0, 0.1) is 0 Å². The van der Waals surface area contributed by atoms with Crippen LogP contribution >= 0.6 is 0 Å². The Morgan fingerprint density at radius 3 is 2.79 bits per heavy atom. The van der Waals surface area contributed by atoms with E-state index in [0.29, 0.717) is 25.0 Å². The summed E-state index contributed by atoms with van der Waals surface area (Å²) < 4.78 is 12.6. The monoisotopic (exact) mass is 329 g/mol. The van der Waals surface area contributed by atoms with E-state index in [1.54, 1.807) is 17.5 Å². The summed E-state index contributed by atoms with van der Waals surface area (Å²) in [5.74, 6) is -0.445. The first-order chi connectivity index (χ1) is 11.6. The lowest BCUT2D eigenvalue weighted by Gasteiger charge is -2.12. The summed E-state index contributed by atoms with van der Waals surface area (Å²) in [5, 5.41) is 4.31. The van der Waals surface area contributed by atoms with Gasteiger partial charge in [0.2, 0.25) is 0 Å². The molecule has 0 bridgehead atoms. The number of ether oxygens (including phenoxy) is 2. The van der Waals surface area contributed by atoms with E-state index >= 15 is 0 Å². The highest BCUT2D eigenvalue weighted by Gasteiger charge is 2.18. The summed E-state index contributed by atoms with van der Waals surface area (Å²) in [7, 11) is 0. The van der Waals surface area contributed by atoms with Crippen molar-refractivity contribution < 1.29 is 14.3 Å². The Balaban J connectivity index is 1.90. The Morgan fingerprint density at radius 2 is 2.12 bits per heavy atom. The molecule has 1 aliphatic carbocycles. The molecule has 0 saturated heterocycles. The predicted molar refractivity (Wildman–Crippen MR) is 90.7 cm³/mol. The molecule has 0 unspecified atom stereocenters. The quantitative estimate of drug-likeness (QED) is 0.760. The molecule has 2 aromatic heterocycles. The molecule has 3 rings (SSSR count). The molecule has 128 valence electrons. The number of hydrogen-bond acceptors (Lipinski definition) is 5. The second kappa shape index (κ2) is 7.13. The maximum absolute atomic E-state index is 11.9. The first-order valence-corrected chi connectivity index (χ1v) is 8.42. The van der Waals surface area contributed by atoms with Crippen LogP contribution in [0.1, 0.15) is 61.4 Å². The van der Waals surface area contributed by atoms with E-state index < -0.39 is 5.97 Å². The number of allylic oxidation sites excluding steroid dienone is 1. The molecular weight excluding hydrogens is 306 g/mol. The fourth-order valence-corrected chi connectivity index (χ4v) is 2.97. The highest BCUT2D eigenvalue weighted by atomic mass is 16.5. The molecule has 6 heteroatoms. The second-order valence-electron chi connectivity index (χ2n) is 6.15. The van der Waals surface area contributed by atoms with Gasteiger partial charge < -0.3 is 9.47 Å². The van der Waals surface area contributed by atoms with Gasteiger partial charge in [0.05, 0.1) is 30.7 Å². The number of carbonyl (C=O) groups is 1. The Kier molecular flexibility index (Phi) is 4.94. The zero-order valence-electron chi connectivity index (χ0n) is 14.2. The number of nitrogens with zero attached hydrogens (tertiary/aromatic N) is 3. The SMILES string of the molecule is C=C(C)c1cc(COC2CCCC2)nc2cc(C(=O)OCC)nn12. The molecule has 0 aliphatic heterocycles. The van der Waals surface area contributed by atoms with Crippen LogP contribution in [0.5, 0.6) is 0 Å². The van der Waals surface area contributed by atoms with Crippen LogP contribution in [0.2, 0.25) is 0 Å². The van der Waals surface area contributed by atoms with Gasteiger partial charge in [-0.2, -0.15) is 5.10 Å². The first kappa shape index (κ1) is 16.6. The van der Waals surface area contributed by atoms with E-state index in [1.165, 1.54) is 12.8 Å². The fourth-order valence-electron chi connectivity index (χ4n) is 2.97. The van der Waals surface area contributed by atoms with Crippen molar-refractivity contribution in [1.29, 1.82) is 0 Å². The molecule has 0 aromatic carbocycles. The Morgan fingerprint density at radius 1 is 1.38 bits per heavy atom. The zero-order chi connectivity index (χ0) is 17.1. The van der Waals surface area contributed by atoms with Crippen molar-refractivity contribution in [2.24, 2.45) is 0 Å². The van der Waals surface area contributed by atoms with Gasteiger partial charge in [-0.15, -0.1) is 0 Å². The van der Waals surface area contributed by atoms with Gasteiger partial charge in [-0.05, 0) is 38.3 Å². The molecule has 0 spiro atoms. The zero-order valence-corrected chi connectivity index (χ0v) is 14.2. The van der Waals surface area contributed by atoms with Crippen molar-refractivity contribution >= 4 is 17.2 Å². The van der Waals surface area contributed by atoms with Crippen molar-refractivity contribution in [2.45, 2.75) is 52.2 Å². The Hall–Kier alpha value is -2.21. The third-order valence-electron chi connectivity index (χ3n) is 4.17. The summed E-state index contributed by atoms with van der Waals surface area (Å²) in [5.41, 5.74) is 3.34. The van der Waals surface area contributed by atoms with E-state index in [4.69, 9.17) is 9.47 Å². The molecule has 1 saturated carbocycles. The third kappa shape index (κ3) is 3.48. The van der Waals surface area contributed by atoms with Crippen LogP contribution in [0.4, 0.5) is 0 Å². The van der Waals surface area contributed by atoms with E-state index in [-0.39, 0.29) is 5.69 Å². The highest BCUT2D eigenvalue weighted by molar-refractivity contribution is 5.88. The van der Waals surface area contributed by atoms with Gasteiger partial charge in [-0.25, -0.2) is 14.3 Å². The normalized spacial score (nSPS) is 15.1. The van der Waals surface area contributed by atoms with Gasteiger partial charge in [0.25, 0.3) is 0 Å². The summed E-state index contributed by atoms with van der Waals surface area (Å²) >= 11 is 0. The number of rotatable bonds is 6. The molecule has 2 aromatic rings. The smallest absolute Gasteiger partial charge is 0.358 e. The number of hydrogen-bond donors (Lipinski definition) is 0. The topological polar surface area (TPSA) is 65.7 Å². The van der Waals surface area contributed by atoms with E-state index in [0.717, 1.165) is 29.8 Å². The minimum atomic E-state index is -0.445. The lowest BCUT2D eigenvalue weighted by Crippen LogP contribution is -2.10. The molecule has 2 heterocycles. The molecule has 24 heavy (non-hydrogen) atoms. The Labute approximate surface area is 141 Å². The summed E-state index contributed by atoms with van der Waals surface area (Å²) in [4.78, 5) is 16.5. The van der Waals surface area contributed by atoms with Gasteiger partial charge in [0.15, 0.2) is 11.3 Å².